The summed E-state index contributed by atoms with van der Waals surface area (Å²) in [6, 6.07) is 14.0. The normalized spacial score (nSPS) is 14.8. The maximum Gasteiger partial charge on any atom is 0.275 e. The molecular weight excluding hydrogens is 366 g/mol. The van der Waals surface area contributed by atoms with Gasteiger partial charge in [0.15, 0.2) is 5.82 Å². The Hall–Kier alpha value is -3.22. The van der Waals surface area contributed by atoms with Gasteiger partial charge in [-0.25, -0.2) is 9.97 Å². The van der Waals surface area contributed by atoms with Crippen LogP contribution in [-0.2, 0) is 6.42 Å². The van der Waals surface area contributed by atoms with Crippen molar-refractivity contribution in [2.75, 3.05) is 23.3 Å². The fraction of sp³-hybridized carbons (Fsp3) is 0.364. The molecule has 1 saturated heterocycles. The zero-order chi connectivity index (χ0) is 20.2. The number of nitrogens with one attached hydrogen (secondary N) is 1. The molecule has 0 bridgehead atoms. The van der Waals surface area contributed by atoms with Crippen LogP contribution in [0.5, 0.6) is 0 Å². The van der Waals surface area contributed by atoms with E-state index in [-0.39, 0.29) is 5.91 Å². The summed E-state index contributed by atoms with van der Waals surface area (Å²) in [7, 11) is 0. The molecule has 3 heterocycles. The summed E-state index contributed by atoms with van der Waals surface area (Å²) in [6.45, 7) is 5.44. The van der Waals surface area contributed by atoms with Crippen molar-refractivity contribution in [3.05, 3.63) is 65.2 Å². The fourth-order valence-electron chi connectivity index (χ4n) is 3.70. The minimum absolute atomic E-state index is 0.316. The van der Waals surface area contributed by atoms with Gasteiger partial charge in [-0.2, -0.15) is 0 Å². The molecule has 1 aliphatic rings. The number of nitrogens with zero attached hydrogens (tertiary/aromatic N) is 4. The molecule has 0 aliphatic carbocycles. The van der Waals surface area contributed by atoms with Crippen LogP contribution >= 0.6 is 0 Å². The van der Waals surface area contributed by atoms with Crippen molar-refractivity contribution in [3.8, 4) is 0 Å². The second-order valence-corrected chi connectivity index (χ2v) is 7.59. The summed E-state index contributed by atoms with van der Waals surface area (Å²) in [6.07, 6.45) is 3.28. The molecule has 0 atom stereocenters. The molecule has 0 spiro atoms. The number of aromatic nitrogens is 3. The Morgan fingerprint density at radius 2 is 1.90 bits per heavy atom. The molecule has 7 nitrogen and oxygen atoms in total. The molecule has 29 heavy (non-hydrogen) atoms. The van der Waals surface area contributed by atoms with Crippen LogP contribution in [0.2, 0.25) is 0 Å². The quantitative estimate of drug-likeness (QED) is 0.712. The molecule has 0 radical (unpaired) electrons. The second-order valence-electron chi connectivity index (χ2n) is 7.59. The zero-order valence-electron chi connectivity index (χ0n) is 16.8. The van der Waals surface area contributed by atoms with Gasteiger partial charge in [-0.15, -0.1) is 0 Å². The Kier molecular flexibility index (Phi) is 5.55. The van der Waals surface area contributed by atoms with Gasteiger partial charge in [0.25, 0.3) is 5.91 Å². The van der Waals surface area contributed by atoms with Crippen molar-refractivity contribution in [2.45, 2.75) is 33.1 Å². The van der Waals surface area contributed by atoms with E-state index in [0.717, 1.165) is 38.0 Å². The molecule has 7 heteroatoms. The summed E-state index contributed by atoms with van der Waals surface area (Å²) in [5.41, 5.74) is 2.49. The first-order valence-corrected chi connectivity index (χ1v) is 9.96. The van der Waals surface area contributed by atoms with Gasteiger partial charge in [-0.3, -0.25) is 4.79 Å². The molecule has 4 rings (SSSR count). The van der Waals surface area contributed by atoms with Crippen LogP contribution in [0.3, 0.4) is 0 Å². The lowest BCUT2D eigenvalue weighted by molar-refractivity contribution is 0.102. The van der Waals surface area contributed by atoms with Gasteiger partial charge in [-0.05, 0) is 50.7 Å². The van der Waals surface area contributed by atoms with E-state index < -0.39 is 0 Å². The van der Waals surface area contributed by atoms with Crippen molar-refractivity contribution >= 4 is 17.7 Å². The number of carbonyl (C=O) groups is 1. The van der Waals surface area contributed by atoms with E-state index in [2.05, 4.69) is 55.7 Å². The summed E-state index contributed by atoms with van der Waals surface area (Å²) in [5.74, 6) is 1.98. The van der Waals surface area contributed by atoms with Crippen molar-refractivity contribution in [1.29, 1.82) is 0 Å². The molecular formula is C22H25N5O2. The van der Waals surface area contributed by atoms with E-state index in [0.29, 0.717) is 29.1 Å². The van der Waals surface area contributed by atoms with Gasteiger partial charge >= 0.3 is 0 Å². The Balaban J connectivity index is 1.40. The summed E-state index contributed by atoms with van der Waals surface area (Å²) in [5, 5.41) is 6.52. The van der Waals surface area contributed by atoms with E-state index in [1.165, 1.54) is 5.56 Å². The number of anilines is 2. The van der Waals surface area contributed by atoms with E-state index in [1.54, 1.807) is 19.1 Å². The van der Waals surface area contributed by atoms with Crippen LogP contribution in [0, 0.1) is 19.8 Å². The van der Waals surface area contributed by atoms with E-state index >= 15 is 0 Å². The largest absolute Gasteiger partial charge is 0.360 e. The average molecular weight is 391 g/mol. The topological polar surface area (TPSA) is 84.2 Å². The lowest BCUT2D eigenvalue weighted by atomic mass is 9.90. The minimum Gasteiger partial charge on any atom is -0.360 e. The third-order valence-corrected chi connectivity index (χ3v) is 5.21. The summed E-state index contributed by atoms with van der Waals surface area (Å²) >= 11 is 0. The number of benzene rings is 1. The molecule has 1 aliphatic heterocycles. The predicted molar refractivity (Wildman–Crippen MR) is 111 cm³/mol. The first kappa shape index (κ1) is 19.1. The molecule has 1 amide bonds. The monoisotopic (exact) mass is 391 g/mol. The van der Waals surface area contributed by atoms with Crippen LogP contribution in [-0.4, -0.2) is 34.1 Å². The highest BCUT2D eigenvalue weighted by Crippen LogP contribution is 2.24. The van der Waals surface area contributed by atoms with Gasteiger partial charge in [0.05, 0.1) is 0 Å². The molecule has 0 unspecified atom stereocenters. The van der Waals surface area contributed by atoms with E-state index in [4.69, 9.17) is 4.52 Å². The molecule has 3 aromatic rings. The predicted octanol–water partition coefficient (Wildman–Crippen LogP) is 3.79. The Morgan fingerprint density at radius 3 is 2.59 bits per heavy atom. The SMILES string of the molecule is Cc1cc(C(=O)Nc2cc(C)on2)nc(N2CCC(Cc3ccccc3)CC2)n1. The number of hydrogen-bond acceptors (Lipinski definition) is 6. The smallest absolute Gasteiger partial charge is 0.275 e. The Bertz CT molecular complexity index is 978. The Labute approximate surface area is 170 Å². The number of rotatable bonds is 5. The lowest BCUT2D eigenvalue weighted by Crippen LogP contribution is -2.36. The van der Waals surface area contributed by atoms with E-state index in [1.807, 2.05) is 6.92 Å². The number of carbonyl (C=O) groups excluding carboxylic acids is 1. The molecule has 1 N–H and O–H groups in total. The highest BCUT2D eigenvalue weighted by atomic mass is 16.5. The molecule has 150 valence electrons. The fourth-order valence-corrected chi connectivity index (χ4v) is 3.70. The summed E-state index contributed by atoms with van der Waals surface area (Å²) < 4.78 is 4.99. The number of aryl methyl sites for hydroxylation is 2. The van der Waals surface area contributed by atoms with Crippen LogP contribution in [0.1, 0.15) is 40.3 Å². The molecule has 1 fully saturated rings. The first-order valence-electron chi connectivity index (χ1n) is 9.96. The number of hydrogen-bond donors (Lipinski definition) is 1. The van der Waals surface area contributed by atoms with Gasteiger partial charge in [0.1, 0.15) is 11.5 Å². The minimum atomic E-state index is -0.316. The van der Waals surface area contributed by atoms with Crippen molar-refractivity contribution < 1.29 is 9.32 Å². The highest BCUT2D eigenvalue weighted by molar-refractivity contribution is 6.02. The number of piperidine rings is 1. The third-order valence-electron chi connectivity index (χ3n) is 5.21. The second kappa shape index (κ2) is 8.43. The van der Waals surface area contributed by atoms with Gasteiger partial charge in [0, 0.05) is 24.8 Å². The summed E-state index contributed by atoms with van der Waals surface area (Å²) in [4.78, 5) is 23.8. The van der Waals surface area contributed by atoms with Gasteiger partial charge < -0.3 is 14.7 Å². The van der Waals surface area contributed by atoms with Crippen LogP contribution in [0.25, 0.3) is 0 Å². The van der Waals surface area contributed by atoms with Crippen LogP contribution < -0.4 is 10.2 Å². The number of amides is 1. The molecule has 0 saturated carbocycles. The van der Waals surface area contributed by atoms with E-state index in [9.17, 15) is 4.79 Å². The maximum atomic E-state index is 12.6. The average Bonchev–Trinajstić information content (AvgIpc) is 3.13. The molecule has 1 aromatic carbocycles. The first-order chi connectivity index (χ1) is 14.1. The van der Waals surface area contributed by atoms with Gasteiger partial charge in [0.2, 0.25) is 5.95 Å². The highest BCUT2D eigenvalue weighted by Gasteiger charge is 2.23. The molecule has 2 aromatic heterocycles. The lowest BCUT2D eigenvalue weighted by Gasteiger charge is -2.32. The van der Waals surface area contributed by atoms with Crippen molar-refractivity contribution in [3.63, 3.8) is 0 Å². The van der Waals surface area contributed by atoms with Crippen LogP contribution in [0.15, 0.2) is 47.0 Å². The van der Waals surface area contributed by atoms with Crippen LogP contribution in [0.4, 0.5) is 11.8 Å². The van der Waals surface area contributed by atoms with Crippen molar-refractivity contribution in [1.82, 2.24) is 15.1 Å². The Morgan fingerprint density at radius 1 is 1.14 bits per heavy atom. The van der Waals surface area contributed by atoms with Crippen molar-refractivity contribution in [2.24, 2.45) is 5.92 Å². The zero-order valence-corrected chi connectivity index (χ0v) is 16.8. The maximum absolute atomic E-state index is 12.6. The third kappa shape index (κ3) is 4.80. The standard InChI is InChI=1S/C22H25N5O2/c1-15-12-19(21(28)25-20-13-16(2)29-26-20)24-22(23-15)27-10-8-18(9-11-27)14-17-6-4-3-5-7-17/h3-7,12-13,18H,8-11,14H2,1-2H3,(H,25,26,28). The van der Waals surface area contributed by atoms with Gasteiger partial charge in [-0.1, -0.05) is 35.5 Å².